The smallest absolute Gasteiger partial charge is 0.303 e. The molecule has 2 rings (SSSR count). The highest BCUT2D eigenvalue weighted by Gasteiger charge is 2.38. The predicted octanol–water partition coefficient (Wildman–Crippen LogP) is -1.44. The standard InChI is InChI=1S/C15H24N4O5/c16-13(22)9(5-6-12(20)21)18-14(23)11-4-2-8-19(11)15(24)10-3-1-7-17-10/h9-11,17H,1-8H2,(H2,16,22)(H,18,23)(H,20,21)/t9-,10-,11-/m0/s1. The topological polar surface area (TPSA) is 142 Å². The molecule has 2 heterocycles. The van der Waals surface area contributed by atoms with E-state index in [-0.39, 0.29) is 24.8 Å². The molecule has 0 unspecified atom stereocenters. The average Bonchev–Trinajstić information content (AvgIpc) is 3.20. The maximum absolute atomic E-state index is 12.5. The number of carbonyl (C=O) groups excluding carboxylic acids is 3. The van der Waals surface area contributed by atoms with Gasteiger partial charge in [0, 0.05) is 13.0 Å². The van der Waals surface area contributed by atoms with Gasteiger partial charge in [0.1, 0.15) is 12.1 Å². The van der Waals surface area contributed by atoms with Gasteiger partial charge in [0.25, 0.3) is 0 Å². The minimum Gasteiger partial charge on any atom is -0.481 e. The Morgan fingerprint density at radius 2 is 2.00 bits per heavy atom. The number of hydrogen-bond donors (Lipinski definition) is 4. The molecule has 3 amide bonds. The third-order valence-corrected chi connectivity index (χ3v) is 4.50. The first-order valence-electron chi connectivity index (χ1n) is 8.25. The van der Waals surface area contributed by atoms with Gasteiger partial charge in [-0.15, -0.1) is 0 Å². The van der Waals surface area contributed by atoms with Gasteiger partial charge >= 0.3 is 5.97 Å². The van der Waals surface area contributed by atoms with Crippen molar-refractivity contribution in [3.63, 3.8) is 0 Å². The van der Waals surface area contributed by atoms with Crippen LogP contribution in [0.3, 0.4) is 0 Å². The fourth-order valence-corrected chi connectivity index (χ4v) is 3.22. The van der Waals surface area contributed by atoms with E-state index in [1.54, 1.807) is 4.90 Å². The number of hydrogen-bond acceptors (Lipinski definition) is 5. The lowest BCUT2D eigenvalue weighted by Crippen LogP contribution is -2.54. The summed E-state index contributed by atoms with van der Waals surface area (Å²) in [6.45, 7) is 1.30. The second kappa shape index (κ2) is 8.09. The molecule has 2 fully saturated rings. The van der Waals surface area contributed by atoms with Crippen LogP contribution in [-0.2, 0) is 19.2 Å². The maximum Gasteiger partial charge on any atom is 0.303 e. The first-order chi connectivity index (χ1) is 11.4. The second-order valence-corrected chi connectivity index (χ2v) is 6.23. The number of carbonyl (C=O) groups is 4. The van der Waals surface area contributed by atoms with Crippen molar-refractivity contribution in [3.8, 4) is 0 Å². The van der Waals surface area contributed by atoms with E-state index in [9.17, 15) is 19.2 Å². The van der Waals surface area contributed by atoms with Crippen LogP contribution < -0.4 is 16.4 Å². The van der Waals surface area contributed by atoms with Crippen LogP contribution in [0.15, 0.2) is 0 Å². The molecule has 24 heavy (non-hydrogen) atoms. The van der Waals surface area contributed by atoms with Crippen LogP contribution in [0.25, 0.3) is 0 Å². The van der Waals surface area contributed by atoms with Crippen LogP contribution in [0.1, 0.15) is 38.5 Å². The number of aliphatic carboxylic acids is 1. The summed E-state index contributed by atoms with van der Waals surface area (Å²) in [6.07, 6.45) is 2.59. The van der Waals surface area contributed by atoms with Crippen molar-refractivity contribution in [1.29, 1.82) is 0 Å². The van der Waals surface area contributed by atoms with Crippen molar-refractivity contribution in [3.05, 3.63) is 0 Å². The van der Waals surface area contributed by atoms with Gasteiger partial charge in [-0.25, -0.2) is 0 Å². The van der Waals surface area contributed by atoms with E-state index < -0.39 is 29.9 Å². The Balaban J connectivity index is 1.97. The monoisotopic (exact) mass is 340 g/mol. The Labute approximate surface area is 139 Å². The van der Waals surface area contributed by atoms with E-state index in [1.807, 2.05) is 0 Å². The maximum atomic E-state index is 12.5. The van der Waals surface area contributed by atoms with Crippen molar-refractivity contribution < 1.29 is 24.3 Å². The van der Waals surface area contributed by atoms with E-state index in [2.05, 4.69) is 10.6 Å². The van der Waals surface area contributed by atoms with E-state index in [1.165, 1.54) is 0 Å². The molecule has 2 saturated heterocycles. The summed E-state index contributed by atoms with van der Waals surface area (Å²) in [7, 11) is 0. The molecule has 9 heteroatoms. The lowest BCUT2D eigenvalue weighted by atomic mass is 10.1. The highest BCUT2D eigenvalue weighted by Crippen LogP contribution is 2.21. The minimum atomic E-state index is -1.07. The number of amides is 3. The molecule has 2 aliphatic heterocycles. The van der Waals surface area contributed by atoms with E-state index >= 15 is 0 Å². The summed E-state index contributed by atoms with van der Waals surface area (Å²) in [6, 6.07) is -1.93. The van der Waals surface area contributed by atoms with Crippen LogP contribution in [0.4, 0.5) is 0 Å². The first-order valence-corrected chi connectivity index (χ1v) is 8.25. The van der Waals surface area contributed by atoms with Crippen molar-refractivity contribution in [2.24, 2.45) is 5.73 Å². The Hall–Kier alpha value is -2.16. The summed E-state index contributed by atoms with van der Waals surface area (Å²) >= 11 is 0. The third-order valence-electron chi connectivity index (χ3n) is 4.50. The molecule has 0 bridgehead atoms. The van der Waals surface area contributed by atoms with Crippen molar-refractivity contribution in [1.82, 2.24) is 15.5 Å². The molecule has 0 aromatic carbocycles. The van der Waals surface area contributed by atoms with Gasteiger partial charge in [-0.2, -0.15) is 0 Å². The molecule has 5 N–H and O–H groups in total. The molecular weight excluding hydrogens is 316 g/mol. The first kappa shape index (κ1) is 18.2. The quantitative estimate of drug-likeness (QED) is 0.447. The number of carboxylic acid groups (broad SMARTS) is 1. The fourth-order valence-electron chi connectivity index (χ4n) is 3.22. The highest BCUT2D eigenvalue weighted by atomic mass is 16.4. The predicted molar refractivity (Wildman–Crippen MR) is 83.8 cm³/mol. The zero-order valence-electron chi connectivity index (χ0n) is 13.5. The third kappa shape index (κ3) is 4.44. The molecule has 9 nitrogen and oxygen atoms in total. The zero-order valence-corrected chi connectivity index (χ0v) is 13.5. The van der Waals surface area contributed by atoms with Gasteiger partial charge in [0.05, 0.1) is 6.04 Å². The number of primary amides is 1. The summed E-state index contributed by atoms with van der Waals surface area (Å²) in [4.78, 5) is 48.6. The number of likely N-dealkylation sites (tertiary alicyclic amines) is 1. The zero-order chi connectivity index (χ0) is 17.7. The summed E-state index contributed by atoms with van der Waals surface area (Å²) in [5, 5.41) is 14.3. The molecule has 0 aromatic rings. The Kier molecular flexibility index (Phi) is 6.13. The molecule has 0 radical (unpaired) electrons. The molecule has 134 valence electrons. The highest BCUT2D eigenvalue weighted by molar-refractivity contribution is 5.93. The van der Waals surface area contributed by atoms with Gasteiger partial charge in [0.15, 0.2) is 0 Å². The van der Waals surface area contributed by atoms with Crippen LogP contribution in [-0.4, -0.2) is 64.9 Å². The number of nitrogens with one attached hydrogen (secondary N) is 2. The molecule has 0 saturated carbocycles. The van der Waals surface area contributed by atoms with Gasteiger partial charge in [-0.05, 0) is 38.6 Å². The van der Waals surface area contributed by atoms with Crippen LogP contribution in [0.2, 0.25) is 0 Å². The van der Waals surface area contributed by atoms with Crippen LogP contribution >= 0.6 is 0 Å². The minimum absolute atomic E-state index is 0.0682. The molecule has 2 aliphatic rings. The Morgan fingerprint density at radius 1 is 1.25 bits per heavy atom. The SMILES string of the molecule is NC(=O)[C@H](CCC(=O)O)NC(=O)[C@@H]1CCCN1C(=O)[C@@H]1CCCN1. The largest absolute Gasteiger partial charge is 0.481 e. The fraction of sp³-hybridized carbons (Fsp3) is 0.733. The average molecular weight is 340 g/mol. The van der Waals surface area contributed by atoms with Gasteiger partial charge in [0.2, 0.25) is 17.7 Å². The van der Waals surface area contributed by atoms with Gasteiger partial charge in [-0.1, -0.05) is 0 Å². The Morgan fingerprint density at radius 3 is 2.58 bits per heavy atom. The van der Waals surface area contributed by atoms with Crippen molar-refractivity contribution >= 4 is 23.7 Å². The van der Waals surface area contributed by atoms with Crippen molar-refractivity contribution in [2.75, 3.05) is 13.1 Å². The number of rotatable bonds is 7. The van der Waals surface area contributed by atoms with E-state index in [0.717, 1.165) is 19.4 Å². The second-order valence-electron chi connectivity index (χ2n) is 6.23. The molecule has 0 aliphatic carbocycles. The van der Waals surface area contributed by atoms with E-state index in [4.69, 9.17) is 10.8 Å². The number of nitrogens with zero attached hydrogens (tertiary/aromatic N) is 1. The molecule has 0 aromatic heterocycles. The van der Waals surface area contributed by atoms with Crippen molar-refractivity contribution in [2.45, 2.75) is 56.7 Å². The van der Waals surface area contributed by atoms with Crippen LogP contribution in [0.5, 0.6) is 0 Å². The summed E-state index contributed by atoms with van der Waals surface area (Å²) in [5.74, 6) is -2.39. The number of nitrogens with two attached hydrogens (primary N) is 1. The van der Waals surface area contributed by atoms with Gasteiger partial charge < -0.3 is 26.4 Å². The summed E-state index contributed by atoms with van der Waals surface area (Å²) < 4.78 is 0. The molecule has 3 atom stereocenters. The lowest BCUT2D eigenvalue weighted by Gasteiger charge is -2.27. The summed E-state index contributed by atoms with van der Waals surface area (Å²) in [5.41, 5.74) is 5.23. The van der Waals surface area contributed by atoms with E-state index in [0.29, 0.717) is 19.4 Å². The van der Waals surface area contributed by atoms with Gasteiger partial charge in [-0.3, -0.25) is 19.2 Å². The molecule has 0 spiro atoms. The lowest BCUT2D eigenvalue weighted by molar-refractivity contribution is -0.140. The number of carboxylic acids is 1. The molecular formula is C15H24N4O5. The van der Waals surface area contributed by atoms with Crippen LogP contribution in [0, 0.1) is 0 Å². The normalized spacial score (nSPS) is 24.6. The Bertz CT molecular complexity index is 518.